The molecule has 0 bridgehead atoms. The first-order valence-electron chi connectivity index (χ1n) is 11.0. The topological polar surface area (TPSA) is 40.5 Å². The molecule has 0 aromatic rings. The third-order valence-electron chi connectivity index (χ3n) is 7.74. The second kappa shape index (κ2) is 7.89. The molecule has 2 aliphatic rings. The minimum atomic E-state index is -0.517. The van der Waals surface area contributed by atoms with Gasteiger partial charge in [-0.1, -0.05) is 54.4 Å². The summed E-state index contributed by atoms with van der Waals surface area (Å²) in [7, 11) is 0. The highest BCUT2D eigenvalue weighted by Gasteiger charge is 2.49. The molecule has 2 heteroatoms. The fraction of sp³-hybridized carbons (Fsp3) is 1.00. The summed E-state index contributed by atoms with van der Waals surface area (Å²) >= 11 is 0. The Balaban J connectivity index is 2.07. The van der Waals surface area contributed by atoms with Gasteiger partial charge in [0.15, 0.2) is 0 Å². The van der Waals surface area contributed by atoms with Crippen LogP contribution in [0.15, 0.2) is 0 Å². The lowest BCUT2D eigenvalue weighted by Crippen LogP contribution is -2.50. The Hall–Kier alpha value is -0.0800. The highest BCUT2D eigenvalue weighted by molar-refractivity contribution is 5.00. The minimum absolute atomic E-state index is 0.0819. The van der Waals surface area contributed by atoms with Crippen LogP contribution in [0.4, 0.5) is 0 Å². The summed E-state index contributed by atoms with van der Waals surface area (Å²) in [5.41, 5.74) is -0.919. The van der Waals surface area contributed by atoms with Gasteiger partial charge >= 0.3 is 0 Å². The molecule has 0 aliphatic heterocycles. The molecule has 0 amide bonds. The van der Waals surface area contributed by atoms with Crippen molar-refractivity contribution in [1.82, 2.24) is 0 Å². The Bertz CT molecular complexity index is 420. The Kier molecular flexibility index (Phi) is 6.69. The van der Waals surface area contributed by atoms with Crippen molar-refractivity contribution in [3.63, 3.8) is 0 Å². The zero-order valence-corrected chi connectivity index (χ0v) is 17.8. The van der Waals surface area contributed by atoms with Gasteiger partial charge in [0.1, 0.15) is 0 Å². The van der Waals surface area contributed by atoms with E-state index in [0.717, 1.165) is 44.4 Å². The van der Waals surface area contributed by atoms with Crippen LogP contribution in [-0.4, -0.2) is 21.4 Å². The highest BCUT2D eigenvalue weighted by Crippen LogP contribution is 2.52. The number of aliphatic hydroxyl groups is 2. The molecule has 2 nitrogen and oxygen atoms in total. The molecule has 25 heavy (non-hydrogen) atoms. The fourth-order valence-corrected chi connectivity index (χ4v) is 6.32. The van der Waals surface area contributed by atoms with Crippen molar-refractivity contribution in [3.8, 4) is 0 Å². The largest absolute Gasteiger partial charge is 0.390 e. The molecule has 2 rings (SSSR count). The number of rotatable bonds is 6. The molecule has 0 spiro atoms. The van der Waals surface area contributed by atoms with E-state index >= 15 is 0 Å². The molecule has 1 unspecified atom stereocenters. The standard InChI is InChI=1S/C23H44O2/c1-7-19-10-13-22(24,14-11-19)16-21(5,6)20-9-8-12-23(25,18(20)4)15-17(2)3/h17-20,24-25H,7-16H2,1-6H3/t18-,19?,20?,22?,23-/m1/s1. The van der Waals surface area contributed by atoms with Crippen LogP contribution in [0.3, 0.4) is 0 Å². The van der Waals surface area contributed by atoms with Crippen molar-refractivity contribution >= 4 is 0 Å². The van der Waals surface area contributed by atoms with E-state index in [2.05, 4.69) is 41.5 Å². The van der Waals surface area contributed by atoms with Crippen LogP contribution in [0.1, 0.15) is 106 Å². The zero-order chi connectivity index (χ0) is 18.9. The van der Waals surface area contributed by atoms with Crippen LogP contribution in [0.2, 0.25) is 0 Å². The Morgan fingerprint density at radius 1 is 1.04 bits per heavy atom. The monoisotopic (exact) mass is 352 g/mol. The maximum Gasteiger partial charge on any atom is 0.0678 e. The molecule has 148 valence electrons. The molecule has 2 aliphatic carbocycles. The Morgan fingerprint density at radius 3 is 2.16 bits per heavy atom. The van der Waals surface area contributed by atoms with Gasteiger partial charge in [0.05, 0.1) is 11.2 Å². The summed E-state index contributed by atoms with van der Waals surface area (Å²) in [5.74, 6) is 2.16. The van der Waals surface area contributed by atoms with E-state index in [4.69, 9.17) is 0 Å². The molecular weight excluding hydrogens is 308 g/mol. The summed E-state index contributed by atoms with van der Waals surface area (Å²) in [6, 6.07) is 0. The van der Waals surface area contributed by atoms with Gasteiger partial charge in [-0.15, -0.1) is 0 Å². The Labute approximate surface area is 156 Å². The highest BCUT2D eigenvalue weighted by atomic mass is 16.3. The van der Waals surface area contributed by atoms with Crippen LogP contribution < -0.4 is 0 Å². The quantitative estimate of drug-likeness (QED) is 0.620. The maximum absolute atomic E-state index is 11.3. The second-order valence-corrected chi connectivity index (χ2v) is 10.7. The number of hydrogen-bond donors (Lipinski definition) is 2. The van der Waals surface area contributed by atoms with Crippen molar-refractivity contribution < 1.29 is 10.2 Å². The molecule has 0 radical (unpaired) electrons. The second-order valence-electron chi connectivity index (χ2n) is 10.7. The molecule has 0 aromatic heterocycles. The van der Waals surface area contributed by atoms with Crippen molar-refractivity contribution in [3.05, 3.63) is 0 Å². The third kappa shape index (κ3) is 5.01. The lowest BCUT2D eigenvalue weighted by atomic mass is 9.56. The smallest absolute Gasteiger partial charge is 0.0678 e. The lowest BCUT2D eigenvalue weighted by Gasteiger charge is -2.52. The summed E-state index contributed by atoms with van der Waals surface area (Å²) in [5, 5.41) is 22.6. The molecule has 2 N–H and O–H groups in total. The fourth-order valence-electron chi connectivity index (χ4n) is 6.32. The molecular formula is C23H44O2. The summed E-state index contributed by atoms with van der Waals surface area (Å²) in [6.07, 6.45) is 10.6. The van der Waals surface area contributed by atoms with E-state index in [1.165, 1.54) is 25.7 Å². The predicted molar refractivity (Wildman–Crippen MR) is 107 cm³/mol. The van der Waals surface area contributed by atoms with E-state index < -0.39 is 11.2 Å². The molecule has 3 atom stereocenters. The van der Waals surface area contributed by atoms with Crippen molar-refractivity contribution in [2.75, 3.05) is 0 Å². The summed E-state index contributed by atoms with van der Waals surface area (Å²) < 4.78 is 0. The van der Waals surface area contributed by atoms with Crippen LogP contribution in [-0.2, 0) is 0 Å². The van der Waals surface area contributed by atoms with E-state index in [-0.39, 0.29) is 5.41 Å². The first kappa shape index (κ1) is 21.2. The van der Waals surface area contributed by atoms with Gasteiger partial charge in [-0.05, 0) is 80.5 Å². The lowest BCUT2D eigenvalue weighted by molar-refractivity contribution is -0.123. The van der Waals surface area contributed by atoms with E-state index in [1.807, 2.05) is 0 Å². The van der Waals surface area contributed by atoms with E-state index in [0.29, 0.717) is 17.8 Å². The maximum atomic E-state index is 11.3. The Morgan fingerprint density at radius 2 is 1.64 bits per heavy atom. The third-order valence-corrected chi connectivity index (χ3v) is 7.74. The normalized spacial score (nSPS) is 40.4. The average molecular weight is 353 g/mol. The number of hydrogen-bond acceptors (Lipinski definition) is 2. The van der Waals surface area contributed by atoms with Crippen LogP contribution in [0.25, 0.3) is 0 Å². The van der Waals surface area contributed by atoms with E-state index in [9.17, 15) is 10.2 Å². The van der Waals surface area contributed by atoms with Crippen molar-refractivity contribution in [1.29, 1.82) is 0 Å². The molecule has 0 saturated heterocycles. The van der Waals surface area contributed by atoms with Gasteiger partial charge in [-0.2, -0.15) is 0 Å². The SMILES string of the molecule is CCC1CCC(O)(CC(C)(C)C2CCC[C@@](O)(CC(C)C)[C@@H]2C)CC1. The van der Waals surface area contributed by atoms with E-state index in [1.54, 1.807) is 0 Å². The minimum Gasteiger partial charge on any atom is -0.390 e. The predicted octanol–water partition coefficient (Wildman–Crippen LogP) is 5.95. The first-order chi connectivity index (χ1) is 11.5. The molecule has 2 fully saturated rings. The van der Waals surface area contributed by atoms with Gasteiger partial charge in [0, 0.05) is 0 Å². The van der Waals surface area contributed by atoms with Crippen LogP contribution >= 0.6 is 0 Å². The van der Waals surface area contributed by atoms with Gasteiger partial charge < -0.3 is 10.2 Å². The average Bonchev–Trinajstić information content (AvgIpc) is 2.49. The van der Waals surface area contributed by atoms with Crippen LogP contribution in [0.5, 0.6) is 0 Å². The van der Waals surface area contributed by atoms with Crippen molar-refractivity contribution in [2.45, 2.75) is 117 Å². The zero-order valence-electron chi connectivity index (χ0n) is 17.8. The molecule has 2 saturated carbocycles. The molecule has 0 heterocycles. The van der Waals surface area contributed by atoms with Gasteiger partial charge in [-0.3, -0.25) is 0 Å². The van der Waals surface area contributed by atoms with Crippen molar-refractivity contribution in [2.24, 2.45) is 29.1 Å². The van der Waals surface area contributed by atoms with Gasteiger partial charge in [0.2, 0.25) is 0 Å². The molecule has 0 aromatic carbocycles. The summed E-state index contributed by atoms with van der Waals surface area (Å²) in [6.45, 7) is 13.7. The van der Waals surface area contributed by atoms with Crippen LogP contribution in [0, 0.1) is 29.1 Å². The van der Waals surface area contributed by atoms with Gasteiger partial charge in [-0.25, -0.2) is 0 Å². The summed E-state index contributed by atoms with van der Waals surface area (Å²) in [4.78, 5) is 0. The first-order valence-corrected chi connectivity index (χ1v) is 11.0. The van der Waals surface area contributed by atoms with Gasteiger partial charge in [0.25, 0.3) is 0 Å².